The van der Waals surface area contributed by atoms with Gasteiger partial charge in [-0.05, 0) is 35.3 Å². The van der Waals surface area contributed by atoms with Crippen LogP contribution in [0.5, 0.6) is 0 Å². The monoisotopic (exact) mass is 201 g/mol. The first kappa shape index (κ1) is 8.77. The Morgan fingerprint density at radius 2 is 2.13 bits per heavy atom. The SMILES string of the molecule is NC(N)=NCC1C2Cc3ccccc3C12. The van der Waals surface area contributed by atoms with Crippen molar-refractivity contribution in [3.8, 4) is 0 Å². The van der Waals surface area contributed by atoms with Gasteiger partial charge in [-0.1, -0.05) is 24.3 Å². The topological polar surface area (TPSA) is 64.4 Å². The van der Waals surface area contributed by atoms with Crippen LogP contribution in [0.2, 0.25) is 0 Å². The molecule has 3 heteroatoms. The van der Waals surface area contributed by atoms with Crippen molar-refractivity contribution in [3.05, 3.63) is 35.4 Å². The number of aliphatic imine (C=N–C) groups is 1. The molecule has 0 amide bonds. The van der Waals surface area contributed by atoms with Crippen molar-refractivity contribution in [2.75, 3.05) is 6.54 Å². The zero-order valence-corrected chi connectivity index (χ0v) is 8.56. The molecule has 3 unspecified atom stereocenters. The van der Waals surface area contributed by atoms with Gasteiger partial charge in [0.25, 0.3) is 0 Å². The molecule has 78 valence electrons. The molecule has 0 radical (unpaired) electrons. The third-order valence-electron chi connectivity index (χ3n) is 3.69. The average Bonchev–Trinajstić information content (AvgIpc) is 2.76. The molecule has 3 nitrogen and oxygen atoms in total. The minimum Gasteiger partial charge on any atom is -0.370 e. The second-order valence-electron chi connectivity index (χ2n) is 4.52. The van der Waals surface area contributed by atoms with Gasteiger partial charge in [-0.3, -0.25) is 4.99 Å². The van der Waals surface area contributed by atoms with Gasteiger partial charge in [0.2, 0.25) is 0 Å². The van der Waals surface area contributed by atoms with Crippen LogP contribution in [0.4, 0.5) is 0 Å². The first-order valence-electron chi connectivity index (χ1n) is 5.40. The van der Waals surface area contributed by atoms with Gasteiger partial charge in [-0.2, -0.15) is 0 Å². The molecule has 1 fully saturated rings. The lowest BCUT2D eigenvalue weighted by Crippen LogP contribution is -2.23. The molecule has 0 aliphatic heterocycles. The predicted molar refractivity (Wildman–Crippen MR) is 60.5 cm³/mol. The van der Waals surface area contributed by atoms with Crippen molar-refractivity contribution >= 4 is 5.96 Å². The summed E-state index contributed by atoms with van der Waals surface area (Å²) >= 11 is 0. The van der Waals surface area contributed by atoms with Gasteiger partial charge in [0, 0.05) is 6.54 Å². The number of fused-ring (bicyclic) bond motifs is 3. The quantitative estimate of drug-likeness (QED) is 0.550. The lowest BCUT2D eigenvalue weighted by atomic mass is 10.0. The molecule has 1 aromatic rings. The maximum atomic E-state index is 5.34. The Labute approximate surface area is 89.2 Å². The maximum Gasteiger partial charge on any atom is 0.185 e. The molecule has 0 aromatic heterocycles. The summed E-state index contributed by atoms with van der Waals surface area (Å²) in [6.45, 7) is 0.798. The predicted octanol–water partition coefficient (Wildman–Crippen LogP) is 0.846. The summed E-state index contributed by atoms with van der Waals surface area (Å²) in [5.41, 5.74) is 13.7. The summed E-state index contributed by atoms with van der Waals surface area (Å²) in [6.07, 6.45) is 1.21. The minimum absolute atomic E-state index is 0.216. The summed E-state index contributed by atoms with van der Waals surface area (Å²) in [5.74, 6) is 2.42. The number of rotatable bonds is 2. The molecular formula is C12H15N3. The Morgan fingerprint density at radius 3 is 2.93 bits per heavy atom. The van der Waals surface area contributed by atoms with Gasteiger partial charge < -0.3 is 11.5 Å². The second-order valence-corrected chi connectivity index (χ2v) is 4.52. The molecular weight excluding hydrogens is 186 g/mol. The number of benzene rings is 1. The molecule has 0 bridgehead atoms. The summed E-state index contributed by atoms with van der Waals surface area (Å²) in [5, 5.41) is 0. The van der Waals surface area contributed by atoms with Gasteiger partial charge in [0.15, 0.2) is 5.96 Å². The van der Waals surface area contributed by atoms with Crippen molar-refractivity contribution in [1.29, 1.82) is 0 Å². The Morgan fingerprint density at radius 1 is 1.33 bits per heavy atom. The van der Waals surface area contributed by atoms with Crippen molar-refractivity contribution in [3.63, 3.8) is 0 Å². The van der Waals surface area contributed by atoms with E-state index >= 15 is 0 Å². The highest BCUT2D eigenvalue weighted by molar-refractivity contribution is 5.75. The molecule has 3 atom stereocenters. The van der Waals surface area contributed by atoms with Crippen LogP contribution in [0.25, 0.3) is 0 Å². The number of hydrogen-bond donors (Lipinski definition) is 2. The zero-order chi connectivity index (χ0) is 10.4. The van der Waals surface area contributed by atoms with E-state index in [0.29, 0.717) is 5.92 Å². The van der Waals surface area contributed by atoms with Crippen LogP contribution >= 0.6 is 0 Å². The molecule has 4 N–H and O–H groups in total. The fourth-order valence-electron chi connectivity index (χ4n) is 2.94. The van der Waals surface area contributed by atoms with E-state index in [1.165, 1.54) is 17.5 Å². The van der Waals surface area contributed by atoms with E-state index in [0.717, 1.165) is 18.4 Å². The van der Waals surface area contributed by atoms with Gasteiger partial charge in [0.05, 0.1) is 0 Å². The zero-order valence-electron chi connectivity index (χ0n) is 8.56. The first-order chi connectivity index (χ1) is 7.27. The fraction of sp³-hybridized carbons (Fsp3) is 0.417. The molecule has 0 spiro atoms. The van der Waals surface area contributed by atoms with E-state index in [2.05, 4.69) is 29.3 Å². The van der Waals surface area contributed by atoms with Crippen LogP contribution in [0, 0.1) is 11.8 Å². The number of nitrogens with zero attached hydrogens (tertiary/aromatic N) is 1. The van der Waals surface area contributed by atoms with Crippen molar-refractivity contribution in [1.82, 2.24) is 0 Å². The van der Waals surface area contributed by atoms with E-state index in [-0.39, 0.29) is 5.96 Å². The molecule has 2 aliphatic rings. The standard InChI is InChI=1S/C12H15N3/c13-12(14)15-6-10-9-5-7-3-1-2-4-8(7)11(9)10/h1-4,9-11H,5-6H2,(H4,13,14,15). The average molecular weight is 201 g/mol. The Balaban J connectivity index is 1.76. The summed E-state index contributed by atoms with van der Waals surface area (Å²) in [7, 11) is 0. The molecule has 15 heavy (non-hydrogen) atoms. The smallest absolute Gasteiger partial charge is 0.185 e. The number of nitrogens with two attached hydrogens (primary N) is 2. The molecule has 0 heterocycles. The largest absolute Gasteiger partial charge is 0.370 e. The van der Waals surface area contributed by atoms with Crippen molar-refractivity contribution < 1.29 is 0 Å². The van der Waals surface area contributed by atoms with Crippen molar-refractivity contribution in [2.24, 2.45) is 28.3 Å². The lowest BCUT2D eigenvalue weighted by molar-refractivity contribution is 0.701. The lowest BCUT2D eigenvalue weighted by Gasteiger charge is -2.04. The van der Waals surface area contributed by atoms with Gasteiger partial charge in [0.1, 0.15) is 0 Å². The second kappa shape index (κ2) is 2.99. The molecule has 1 saturated carbocycles. The van der Waals surface area contributed by atoms with Crippen LogP contribution < -0.4 is 11.5 Å². The minimum atomic E-state index is 0.216. The Hall–Kier alpha value is -1.51. The molecule has 0 saturated heterocycles. The third kappa shape index (κ3) is 1.30. The summed E-state index contributed by atoms with van der Waals surface area (Å²) < 4.78 is 0. The highest BCUT2D eigenvalue weighted by atomic mass is 15.0. The van der Waals surface area contributed by atoms with Crippen LogP contribution in [-0.2, 0) is 6.42 Å². The highest BCUT2D eigenvalue weighted by Gasteiger charge is 2.54. The summed E-state index contributed by atoms with van der Waals surface area (Å²) in [6, 6.07) is 8.72. The van der Waals surface area contributed by atoms with E-state index in [1.54, 1.807) is 0 Å². The van der Waals surface area contributed by atoms with Crippen LogP contribution in [0.3, 0.4) is 0 Å². The van der Waals surface area contributed by atoms with E-state index in [4.69, 9.17) is 11.5 Å². The van der Waals surface area contributed by atoms with Crippen molar-refractivity contribution in [2.45, 2.75) is 12.3 Å². The molecule has 1 aromatic carbocycles. The number of hydrogen-bond acceptors (Lipinski definition) is 1. The van der Waals surface area contributed by atoms with Gasteiger partial charge in [-0.15, -0.1) is 0 Å². The number of guanidine groups is 1. The Kier molecular flexibility index (Phi) is 1.75. The molecule has 3 rings (SSSR count). The molecule has 2 aliphatic carbocycles. The first-order valence-corrected chi connectivity index (χ1v) is 5.40. The van der Waals surface area contributed by atoms with Crippen LogP contribution in [0.15, 0.2) is 29.3 Å². The maximum absolute atomic E-state index is 5.34. The van der Waals surface area contributed by atoms with Crippen LogP contribution in [0.1, 0.15) is 17.0 Å². The van der Waals surface area contributed by atoms with Gasteiger partial charge >= 0.3 is 0 Å². The normalized spacial score (nSPS) is 30.5. The highest BCUT2D eigenvalue weighted by Crippen LogP contribution is 2.61. The fourth-order valence-corrected chi connectivity index (χ4v) is 2.94. The van der Waals surface area contributed by atoms with E-state index in [1.807, 2.05) is 0 Å². The Bertz CT molecular complexity index is 421. The summed E-state index contributed by atoms with van der Waals surface area (Å²) in [4.78, 5) is 4.11. The third-order valence-corrected chi connectivity index (χ3v) is 3.69. The van der Waals surface area contributed by atoms with E-state index in [9.17, 15) is 0 Å². The van der Waals surface area contributed by atoms with E-state index < -0.39 is 0 Å². The van der Waals surface area contributed by atoms with Crippen LogP contribution in [-0.4, -0.2) is 12.5 Å². The van der Waals surface area contributed by atoms with Gasteiger partial charge in [-0.25, -0.2) is 0 Å².